The molecule has 1 atom stereocenters. The number of hydrogen-bond acceptors (Lipinski definition) is 6. The molecule has 1 unspecified atom stereocenters. The average molecular weight is 340 g/mol. The molecule has 1 aliphatic carbocycles. The number of ether oxygens (including phenoxy) is 2. The van der Waals surface area contributed by atoms with Gasteiger partial charge in [0.15, 0.2) is 0 Å². The molecule has 0 saturated carbocycles. The van der Waals surface area contributed by atoms with Crippen LogP contribution in [0.2, 0.25) is 0 Å². The third kappa shape index (κ3) is 3.21. The van der Waals surface area contributed by atoms with E-state index in [0.717, 1.165) is 43.1 Å². The first-order chi connectivity index (χ1) is 12.3. The van der Waals surface area contributed by atoms with E-state index in [1.807, 2.05) is 19.2 Å². The highest BCUT2D eigenvalue weighted by Crippen LogP contribution is 2.31. The molecule has 132 valence electrons. The Bertz CT molecular complexity index is 778. The standard InChI is InChI=1S/C19H24N4O2/c1-20-18-15-4-3-5-16(15)22-19(23-18)21-10-12-8-13-6-7-14(24-2)9-17(13)25-11-12/h6-7,9,12H,3-5,8,10-11H2,1-2H3,(H2,20,21,22,23). The quantitative estimate of drug-likeness (QED) is 0.872. The lowest BCUT2D eigenvalue weighted by Gasteiger charge is -2.26. The van der Waals surface area contributed by atoms with Crippen LogP contribution in [0.1, 0.15) is 23.2 Å². The number of hydrogen-bond donors (Lipinski definition) is 2. The summed E-state index contributed by atoms with van der Waals surface area (Å²) in [4.78, 5) is 9.32. The van der Waals surface area contributed by atoms with Crippen LogP contribution < -0.4 is 20.1 Å². The number of methoxy groups -OCH3 is 1. The van der Waals surface area contributed by atoms with Gasteiger partial charge in [0.25, 0.3) is 0 Å². The monoisotopic (exact) mass is 340 g/mol. The Morgan fingerprint density at radius 1 is 1.28 bits per heavy atom. The zero-order chi connectivity index (χ0) is 17.2. The van der Waals surface area contributed by atoms with Crippen molar-refractivity contribution < 1.29 is 9.47 Å². The van der Waals surface area contributed by atoms with E-state index in [-0.39, 0.29) is 0 Å². The number of aryl methyl sites for hydroxylation is 1. The van der Waals surface area contributed by atoms with Crippen LogP contribution in [0, 0.1) is 5.92 Å². The fourth-order valence-electron chi connectivity index (χ4n) is 3.63. The Morgan fingerprint density at radius 2 is 2.20 bits per heavy atom. The van der Waals surface area contributed by atoms with Gasteiger partial charge >= 0.3 is 0 Å². The van der Waals surface area contributed by atoms with Gasteiger partial charge in [0.1, 0.15) is 17.3 Å². The lowest BCUT2D eigenvalue weighted by Crippen LogP contribution is -2.28. The van der Waals surface area contributed by atoms with Gasteiger partial charge < -0.3 is 20.1 Å². The fraction of sp³-hybridized carbons (Fsp3) is 0.474. The van der Waals surface area contributed by atoms with Gasteiger partial charge in [-0.15, -0.1) is 0 Å². The molecular formula is C19H24N4O2. The molecule has 2 N–H and O–H groups in total. The molecule has 0 fully saturated rings. The van der Waals surface area contributed by atoms with Crippen LogP contribution in [0.25, 0.3) is 0 Å². The number of aromatic nitrogens is 2. The van der Waals surface area contributed by atoms with Gasteiger partial charge in [0.2, 0.25) is 5.95 Å². The minimum absolute atomic E-state index is 0.399. The summed E-state index contributed by atoms with van der Waals surface area (Å²) in [6.45, 7) is 1.49. The molecule has 1 aromatic heterocycles. The van der Waals surface area contributed by atoms with E-state index in [1.165, 1.54) is 23.2 Å². The number of nitrogens with zero attached hydrogens (tertiary/aromatic N) is 2. The zero-order valence-corrected chi connectivity index (χ0v) is 14.8. The van der Waals surface area contributed by atoms with E-state index in [0.29, 0.717) is 18.5 Å². The number of nitrogens with one attached hydrogen (secondary N) is 2. The van der Waals surface area contributed by atoms with Crippen molar-refractivity contribution >= 4 is 11.8 Å². The largest absolute Gasteiger partial charge is 0.497 e. The lowest BCUT2D eigenvalue weighted by molar-refractivity contribution is 0.228. The first kappa shape index (κ1) is 16.0. The summed E-state index contributed by atoms with van der Waals surface area (Å²) in [6, 6.07) is 6.04. The molecule has 6 heteroatoms. The Hall–Kier alpha value is -2.50. The first-order valence-corrected chi connectivity index (χ1v) is 8.88. The summed E-state index contributed by atoms with van der Waals surface area (Å²) in [7, 11) is 3.60. The third-order valence-corrected chi connectivity index (χ3v) is 4.98. The molecule has 0 saturated heterocycles. The minimum Gasteiger partial charge on any atom is -0.497 e. The molecule has 0 spiro atoms. The van der Waals surface area contributed by atoms with Crippen molar-refractivity contribution in [2.45, 2.75) is 25.7 Å². The van der Waals surface area contributed by atoms with E-state index in [9.17, 15) is 0 Å². The van der Waals surface area contributed by atoms with Crippen LogP contribution >= 0.6 is 0 Å². The second kappa shape index (κ2) is 6.78. The lowest BCUT2D eigenvalue weighted by atomic mass is 9.96. The fourth-order valence-corrected chi connectivity index (χ4v) is 3.63. The summed E-state index contributed by atoms with van der Waals surface area (Å²) >= 11 is 0. The highest BCUT2D eigenvalue weighted by molar-refractivity contribution is 5.52. The van der Waals surface area contributed by atoms with Gasteiger partial charge in [-0.05, 0) is 37.3 Å². The van der Waals surface area contributed by atoms with Crippen LogP contribution in [-0.2, 0) is 19.3 Å². The SMILES string of the molecule is CNc1nc(NCC2COc3cc(OC)ccc3C2)nc2c1CCC2. The molecule has 4 rings (SSSR count). The first-order valence-electron chi connectivity index (χ1n) is 8.88. The molecule has 0 radical (unpaired) electrons. The van der Waals surface area contributed by atoms with Crippen molar-refractivity contribution in [3.63, 3.8) is 0 Å². The maximum absolute atomic E-state index is 5.91. The molecule has 2 aliphatic rings. The normalized spacial score (nSPS) is 18.1. The van der Waals surface area contributed by atoms with Gasteiger partial charge in [-0.3, -0.25) is 0 Å². The maximum atomic E-state index is 5.91. The highest BCUT2D eigenvalue weighted by Gasteiger charge is 2.22. The second-order valence-corrected chi connectivity index (χ2v) is 6.66. The topological polar surface area (TPSA) is 68.3 Å². The van der Waals surface area contributed by atoms with Crippen molar-refractivity contribution in [2.75, 3.05) is 37.9 Å². The third-order valence-electron chi connectivity index (χ3n) is 4.98. The average Bonchev–Trinajstić information content (AvgIpc) is 3.13. The van der Waals surface area contributed by atoms with E-state index < -0.39 is 0 Å². The van der Waals surface area contributed by atoms with Crippen molar-refractivity contribution in [1.82, 2.24) is 9.97 Å². The molecule has 25 heavy (non-hydrogen) atoms. The number of rotatable bonds is 5. The van der Waals surface area contributed by atoms with E-state index in [4.69, 9.17) is 14.5 Å². The molecule has 2 heterocycles. The van der Waals surface area contributed by atoms with Crippen molar-refractivity contribution in [3.05, 3.63) is 35.0 Å². The van der Waals surface area contributed by atoms with Crippen LogP contribution in [0.4, 0.5) is 11.8 Å². The Labute approximate surface area is 148 Å². The predicted octanol–water partition coefficient (Wildman–Crippen LogP) is 2.68. The van der Waals surface area contributed by atoms with Crippen molar-refractivity contribution in [2.24, 2.45) is 5.92 Å². The van der Waals surface area contributed by atoms with Crippen LogP contribution in [0.3, 0.4) is 0 Å². The smallest absolute Gasteiger partial charge is 0.224 e. The molecule has 0 bridgehead atoms. The summed E-state index contributed by atoms with van der Waals surface area (Å²) in [5, 5.41) is 6.61. The van der Waals surface area contributed by atoms with Crippen molar-refractivity contribution in [1.29, 1.82) is 0 Å². The number of fused-ring (bicyclic) bond motifs is 2. The Kier molecular flexibility index (Phi) is 4.34. The summed E-state index contributed by atoms with van der Waals surface area (Å²) < 4.78 is 11.2. The van der Waals surface area contributed by atoms with Gasteiger partial charge in [0, 0.05) is 31.1 Å². The molecule has 1 aliphatic heterocycles. The molecule has 0 amide bonds. The Balaban J connectivity index is 1.42. The van der Waals surface area contributed by atoms with Crippen LogP contribution in [0.15, 0.2) is 18.2 Å². The minimum atomic E-state index is 0.399. The number of benzene rings is 1. The van der Waals surface area contributed by atoms with E-state index in [1.54, 1.807) is 7.11 Å². The van der Waals surface area contributed by atoms with Crippen molar-refractivity contribution in [3.8, 4) is 11.5 Å². The summed E-state index contributed by atoms with van der Waals surface area (Å²) in [5.74, 6) is 3.84. The molecule has 6 nitrogen and oxygen atoms in total. The molecule has 1 aromatic carbocycles. The maximum Gasteiger partial charge on any atom is 0.224 e. The molecule has 2 aromatic rings. The van der Waals surface area contributed by atoms with Crippen LogP contribution in [-0.4, -0.2) is 37.3 Å². The summed E-state index contributed by atoms with van der Waals surface area (Å²) in [5.41, 5.74) is 3.68. The van der Waals surface area contributed by atoms with E-state index in [2.05, 4.69) is 21.7 Å². The number of anilines is 2. The zero-order valence-electron chi connectivity index (χ0n) is 14.8. The van der Waals surface area contributed by atoms with Gasteiger partial charge in [-0.1, -0.05) is 6.07 Å². The molecular weight excluding hydrogens is 316 g/mol. The van der Waals surface area contributed by atoms with Crippen LogP contribution in [0.5, 0.6) is 11.5 Å². The van der Waals surface area contributed by atoms with E-state index >= 15 is 0 Å². The highest BCUT2D eigenvalue weighted by atomic mass is 16.5. The summed E-state index contributed by atoms with van der Waals surface area (Å²) in [6.07, 6.45) is 4.26. The predicted molar refractivity (Wildman–Crippen MR) is 97.8 cm³/mol. The van der Waals surface area contributed by atoms with Gasteiger partial charge in [-0.2, -0.15) is 4.98 Å². The van der Waals surface area contributed by atoms with Gasteiger partial charge in [-0.25, -0.2) is 4.98 Å². The van der Waals surface area contributed by atoms with Gasteiger partial charge in [0.05, 0.1) is 19.4 Å². The Morgan fingerprint density at radius 3 is 3.04 bits per heavy atom. The second-order valence-electron chi connectivity index (χ2n) is 6.66.